The smallest absolute Gasteiger partial charge is 0.253 e. The highest BCUT2D eigenvalue weighted by molar-refractivity contribution is 5.99. The Morgan fingerprint density at radius 1 is 1.04 bits per heavy atom. The van der Waals surface area contributed by atoms with Crippen LogP contribution in [0, 0.1) is 0 Å². The van der Waals surface area contributed by atoms with Gasteiger partial charge >= 0.3 is 0 Å². The van der Waals surface area contributed by atoms with Gasteiger partial charge in [-0.05, 0) is 29.8 Å². The molecule has 0 fully saturated rings. The lowest BCUT2D eigenvalue weighted by Gasteiger charge is -2.22. The average molecular weight is 323 g/mol. The molecule has 2 aromatic carbocycles. The molecule has 0 aromatic heterocycles. The summed E-state index contributed by atoms with van der Waals surface area (Å²) >= 11 is 0. The van der Waals surface area contributed by atoms with Crippen LogP contribution in [0.25, 0.3) is 6.08 Å². The highest BCUT2D eigenvalue weighted by Gasteiger charge is 2.21. The van der Waals surface area contributed by atoms with Crippen molar-refractivity contribution in [3.05, 3.63) is 59.2 Å². The number of likely N-dealkylation sites (N-methyl/N-ethyl adjacent to an activating group) is 1. The SMILES string of the molecule is CN(Cc1ccc2c(c1)OCO2)C(=O)C1=Cc2ccccc2OC1. The van der Waals surface area contributed by atoms with Crippen molar-refractivity contribution < 1.29 is 19.0 Å². The van der Waals surface area contributed by atoms with E-state index in [-0.39, 0.29) is 12.7 Å². The Morgan fingerprint density at radius 3 is 2.79 bits per heavy atom. The minimum absolute atomic E-state index is 0.0397. The quantitative estimate of drug-likeness (QED) is 0.871. The lowest BCUT2D eigenvalue weighted by molar-refractivity contribution is -0.126. The molecule has 2 aliphatic rings. The first-order valence-electron chi connectivity index (χ1n) is 7.77. The van der Waals surface area contributed by atoms with Crippen molar-refractivity contribution in [3.63, 3.8) is 0 Å². The molecule has 0 radical (unpaired) electrons. The van der Waals surface area contributed by atoms with Gasteiger partial charge in [-0.25, -0.2) is 0 Å². The molecule has 0 atom stereocenters. The fraction of sp³-hybridized carbons (Fsp3) is 0.211. The van der Waals surface area contributed by atoms with E-state index in [1.807, 2.05) is 48.5 Å². The van der Waals surface area contributed by atoms with Crippen LogP contribution in [0.3, 0.4) is 0 Å². The van der Waals surface area contributed by atoms with Crippen LogP contribution in [0.15, 0.2) is 48.0 Å². The fourth-order valence-corrected chi connectivity index (χ4v) is 2.87. The average Bonchev–Trinajstić information content (AvgIpc) is 3.08. The van der Waals surface area contributed by atoms with Crippen molar-refractivity contribution in [2.75, 3.05) is 20.4 Å². The number of nitrogens with zero attached hydrogens (tertiary/aromatic N) is 1. The molecule has 0 aliphatic carbocycles. The molecule has 2 heterocycles. The van der Waals surface area contributed by atoms with E-state index >= 15 is 0 Å². The molecule has 5 heteroatoms. The van der Waals surface area contributed by atoms with Gasteiger partial charge in [0, 0.05) is 19.2 Å². The highest BCUT2D eigenvalue weighted by atomic mass is 16.7. The largest absolute Gasteiger partial charge is 0.488 e. The third-order valence-corrected chi connectivity index (χ3v) is 4.11. The second-order valence-corrected chi connectivity index (χ2v) is 5.84. The maximum absolute atomic E-state index is 12.7. The molecule has 122 valence electrons. The highest BCUT2D eigenvalue weighted by Crippen LogP contribution is 2.33. The molecule has 0 spiro atoms. The van der Waals surface area contributed by atoms with Crippen molar-refractivity contribution in [1.82, 2.24) is 4.90 Å². The molecule has 1 amide bonds. The number of fused-ring (bicyclic) bond motifs is 2. The van der Waals surface area contributed by atoms with E-state index in [4.69, 9.17) is 14.2 Å². The van der Waals surface area contributed by atoms with Crippen LogP contribution in [0.4, 0.5) is 0 Å². The van der Waals surface area contributed by atoms with E-state index in [1.165, 1.54) is 0 Å². The molecule has 2 aliphatic heterocycles. The molecule has 5 nitrogen and oxygen atoms in total. The van der Waals surface area contributed by atoms with Gasteiger partial charge in [-0.1, -0.05) is 24.3 Å². The Bertz CT molecular complexity index is 828. The first kappa shape index (κ1) is 14.6. The Morgan fingerprint density at radius 2 is 1.88 bits per heavy atom. The van der Waals surface area contributed by atoms with Crippen LogP contribution < -0.4 is 14.2 Å². The standard InChI is InChI=1S/C19H17NO4/c1-20(10-13-6-7-17-18(8-13)24-12-23-17)19(21)15-9-14-4-2-3-5-16(14)22-11-15/h2-9H,10-12H2,1H3. The van der Waals surface area contributed by atoms with Gasteiger partial charge in [-0.15, -0.1) is 0 Å². The Balaban J connectivity index is 1.50. The summed E-state index contributed by atoms with van der Waals surface area (Å²) in [5.41, 5.74) is 2.58. The van der Waals surface area contributed by atoms with E-state index in [9.17, 15) is 4.79 Å². The number of hydrogen-bond acceptors (Lipinski definition) is 4. The zero-order valence-electron chi connectivity index (χ0n) is 13.3. The Labute approximate surface area is 140 Å². The van der Waals surface area contributed by atoms with Crippen LogP contribution in [0.5, 0.6) is 17.2 Å². The van der Waals surface area contributed by atoms with E-state index in [2.05, 4.69) is 0 Å². The minimum Gasteiger partial charge on any atom is -0.488 e. The van der Waals surface area contributed by atoms with Gasteiger partial charge in [0.05, 0.1) is 5.57 Å². The Kier molecular flexibility index (Phi) is 3.61. The summed E-state index contributed by atoms with van der Waals surface area (Å²) in [6, 6.07) is 13.4. The maximum atomic E-state index is 12.7. The summed E-state index contributed by atoms with van der Waals surface area (Å²) in [6.07, 6.45) is 1.90. The molecule has 0 saturated heterocycles. The molecule has 4 rings (SSSR count). The zero-order chi connectivity index (χ0) is 16.5. The van der Waals surface area contributed by atoms with Crippen molar-refractivity contribution >= 4 is 12.0 Å². The number of carbonyl (C=O) groups is 1. The summed E-state index contributed by atoms with van der Waals surface area (Å²) in [4.78, 5) is 14.3. The van der Waals surface area contributed by atoms with Gasteiger partial charge < -0.3 is 19.1 Å². The van der Waals surface area contributed by atoms with E-state index in [1.54, 1.807) is 11.9 Å². The van der Waals surface area contributed by atoms with Gasteiger partial charge in [0.15, 0.2) is 11.5 Å². The second-order valence-electron chi connectivity index (χ2n) is 5.84. The van der Waals surface area contributed by atoms with Crippen LogP contribution in [0.2, 0.25) is 0 Å². The lowest BCUT2D eigenvalue weighted by atomic mass is 10.1. The van der Waals surface area contributed by atoms with Gasteiger partial charge in [-0.2, -0.15) is 0 Å². The summed E-state index contributed by atoms with van der Waals surface area (Å²) in [5.74, 6) is 2.24. The van der Waals surface area contributed by atoms with Gasteiger partial charge in [0.1, 0.15) is 12.4 Å². The molecule has 0 bridgehead atoms. The third kappa shape index (κ3) is 2.69. The van der Waals surface area contributed by atoms with Crippen LogP contribution >= 0.6 is 0 Å². The summed E-state index contributed by atoms with van der Waals surface area (Å²) in [5, 5.41) is 0. The normalized spacial score (nSPS) is 14.5. The van der Waals surface area contributed by atoms with E-state index in [0.717, 1.165) is 28.4 Å². The number of para-hydroxylation sites is 1. The monoisotopic (exact) mass is 323 g/mol. The molecule has 0 saturated carbocycles. The molecular weight excluding hydrogens is 306 g/mol. The minimum atomic E-state index is -0.0397. The first-order chi connectivity index (χ1) is 11.7. The van der Waals surface area contributed by atoms with Gasteiger partial charge in [0.25, 0.3) is 5.91 Å². The number of hydrogen-bond donors (Lipinski definition) is 0. The Hall–Kier alpha value is -2.95. The van der Waals surface area contributed by atoms with Crippen LogP contribution in [-0.4, -0.2) is 31.3 Å². The van der Waals surface area contributed by atoms with Crippen LogP contribution in [0.1, 0.15) is 11.1 Å². The molecule has 24 heavy (non-hydrogen) atoms. The summed E-state index contributed by atoms with van der Waals surface area (Å²) in [6.45, 7) is 1.03. The third-order valence-electron chi connectivity index (χ3n) is 4.11. The van der Waals surface area contributed by atoms with Crippen molar-refractivity contribution in [1.29, 1.82) is 0 Å². The molecule has 0 N–H and O–H groups in total. The van der Waals surface area contributed by atoms with Gasteiger partial charge in [0.2, 0.25) is 6.79 Å². The molecule has 2 aromatic rings. The van der Waals surface area contributed by atoms with E-state index in [0.29, 0.717) is 18.7 Å². The summed E-state index contributed by atoms with van der Waals surface area (Å²) in [7, 11) is 1.79. The number of amides is 1. The predicted octanol–water partition coefficient (Wildman–Crippen LogP) is 2.85. The fourth-order valence-electron chi connectivity index (χ4n) is 2.87. The van der Waals surface area contributed by atoms with Gasteiger partial charge in [-0.3, -0.25) is 4.79 Å². The topological polar surface area (TPSA) is 48.0 Å². The van der Waals surface area contributed by atoms with Crippen LogP contribution in [-0.2, 0) is 11.3 Å². The predicted molar refractivity (Wildman–Crippen MR) is 89.0 cm³/mol. The molecular formula is C19H17NO4. The number of rotatable bonds is 3. The molecule has 0 unspecified atom stereocenters. The van der Waals surface area contributed by atoms with Crippen molar-refractivity contribution in [2.45, 2.75) is 6.54 Å². The first-order valence-corrected chi connectivity index (χ1v) is 7.77. The van der Waals surface area contributed by atoms with Crippen molar-refractivity contribution in [3.8, 4) is 17.2 Å². The number of benzene rings is 2. The van der Waals surface area contributed by atoms with E-state index < -0.39 is 0 Å². The lowest BCUT2D eigenvalue weighted by Crippen LogP contribution is -2.30. The zero-order valence-corrected chi connectivity index (χ0v) is 13.3. The maximum Gasteiger partial charge on any atom is 0.253 e. The number of carbonyl (C=O) groups excluding carboxylic acids is 1. The second kappa shape index (κ2) is 5.92. The summed E-state index contributed by atoms with van der Waals surface area (Å²) < 4.78 is 16.4. The number of ether oxygens (including phenoxy) is 3. The van der Waals surface area contributed by atoms with Crippen molar-refractivity contribution in [2.24, 2.45) is 0 Å².